The van der Waals surface area contributed by atoms with Crippen LogP contribution in [0.4, 0.5) is 8.78 Å². The third kappa shape index (κ3) is 4.50. The van der Waals surface area contributed by atoms with Crippen LogP contribution in [0, 0.1) is 17.6 Å². The molecule has 0 unspecified atom stereocenters. The van der Waals surface area contributed by atoms with Gasteiger partial charge in [0.1, 0.15) is 0 Å². The number of benzene rings is 1. The molecule has 0 heterocycles. The van der Waals surface area contributed by atoms with Crippen LogP contribution in [0.3, 0.4) is 0 Å². The lowest BCUT2D eigenvalue weighted by molar-refractivity contribution is -0.121. The molecule has 122 valence electrons. The average Bonchev–Trinajstić information content (AvgIpc) is 2.50. The second kappa shape index (κ2) is 7.68. The van der Waals surface area contributed by atoms with Crippen LogP contribution >= 0.6 is 0 Å². The number of halogens is 2. The van der Waals surface area contributed by atoms with E-state index < -0.39 is 11.6 Å². The molecule has 2 rings (SSSR count). The Kier molecular flexibility index (Phi) is 5.89. The molecule has 1 aliphatic rings. The molecule has 1 aromatic carbocycles. The molecule has 3 nitrogen and oxygen atoms in total. The van der Waals surface area contributed by atoms with E-state index in [9.17, 15) is 13.6 Å². The average molecular weight is 310 g/mol. The summed E-state index contributed by atoms with van der Waals surface area (Å²) in [5.41, 5.74) is 0.623. The Balaban J connectivity index is 1.81. The number of amides is 1. The van der Waals surface area contributed by atoms with Crippen molar-refractivity contribution in [3.8, 4) is 0 Å². The fraction of sp³-hybridized carbons (Fsp3) is 0.588. The molecule has 3 atom stereocenters. The lowest BCUT2D eigenvalue weighted by Gasteiger charge is -2.29. The van der Waals surface area contributed by atoms with Crippen molar-refractivity contribution in [3.05, 3.63) is 35.4 Å². The van der Waals surface area contributed by atoms with Crippen molar-refractivity contribution in [2.45, 2.75) is 51.6 Å². The molecule has 1 amide bonds. The number of rotatable bonds is 5. The van der Waals surface area contributed by atoms with Gasteiger partial charge in [-0.15, -0.1) is 0 Å². The Bertz CT molecular complexity index is 521. The van der Waals surface area contributed by atoms with Gasteiger partial charge in [-0.05, 0) is 43.4 Å². The first-order valence-corrected chi connectivity index (χ1v) is 7.95. The van der Waals surface area contributed by atoms with Crippen molar-refractivity contribution in [1.29, 1.82) is 0 Å². The van der Waals surface area contributed by atoms with Crippen LogP contribution in [0.15, 0.2) is 18.2 Å². The highest BCUT2D eigenvalue weighted by Crippen LogP contribution is 2.23. The van der Waals surface area contributed by atoms with Crippen molar-refractivity contribution in [1.82, 2.24) is 10.6 Å². The Labute approximate surface area is 130 Å². The van der Waals surface area contributed by atoms with E-state index in [4.69, 9.17) is 0 Å². The van der Waals surface area contributed by atoms with Gasteiger partial charge in [0.05, 0.1) is 6.54 Å². The van der Waals surface area contributed by atoms with Gasteiger partial charge in [0.15, 0.2) is 11.6 Å². The second-order valence-corrected chi connectivity index (χ2v) is 6.21. The van der Waals surface area contributed by atoms with Gasteiger partial charge in [-0.2, -0.15) is 0 Å². The summed E-state index contributed by atoms with van der Waals surface area (Å²) >= 11 is 0. The summed E-state index contributed by atoms with van der Waals surface area (Å²) in [5, 5.41) is 6.11. The zero-order valence-electron chi connectivity index (χ0n) is 13.2. The van der Waals surface area contributed by atoms with Gasteiger partial charge in [0.25, 0.3) is 0 Å². The van der Waals surface area contributed by atoms with Crippen molar-refractivity contribution >= 4 is 5.91 Å². The predicted octanol–water partition coefficient (Wildman–Crippen LogP) is 3.31. The standard InChI is InChI=1S/C17H24F2N2O/c1-11-5-3-4-6-16(11)21-17(22)10-20-12(2)13-7-8-14(18)15(19)9-13/h7-9,11-12,16,20H,3-6,10H2,1-2H3,(H,21,22)/t11-,12+,16+/m1/s1. The summed E-state index contributed by atoms with van der Waals surface area (Å²) in [6.07, 6.45) is 4.59. The molecule has 0 aliphatic heterocycles. The fourth-order valence-corrected chi connectivity index (χ4v) is 2.93. The Hall–Kier alpha value is -1.49. The van der Waals surface area contributed by atoms with Crippen LogP contribution in [0.5, 0.6) is 0 Å². The maximum absolute atomic E-state index is 13.2. The molecule has 0 radical (unpaired) electrons. The van der Waals surface area contributed by atoms with Crippen LogP contribution in [0.2, 0.25) is 0 Å². The van der Waals surface area contributed by atoms with Gasteiger partial charge in [-0.25, -0.2) is 8.78 Å². The number of hydrogen-bond acceptors (Lipinski definition) is 2. The van der Waals surface area contributed by atoms with E-state index in [1.807, 2.05) is 6.92 Å². The third-order valence-corrected chi connectivity index (χ3v) is 4.47. The topological polar surface area (TPSA) is 41.1 Å². The molecule has 1 aromatic rings. The lowest BCUT2D eigenvalue weighted by atomic mass is 9.86. The highest BCUT2D eigenvalue weighted by Gasteiger charge is 2.22. The van der Waals surface area contributed by atoms with Crippen molar-refractivity contribution < 1.29 is 13.6 Å². The summed E-state index contributed by atoms with van der Waals surface area (Å²) < 4.78 is 26.1. The zero-order chi connectivity index (χ0) is 16.1. The molecular formula is C17H24F2N2O. The minimum atomic E-state index is -0.869. The smallest absolute Gasteiger partial charge is 0.234 e. The van der Waals surface area contributed by atoms with Gasteiger partial charge >= 0.3 is 0 Å². The molecule has 22 heavy (non-hydrogen) atoms. The van der Waals surface area contributed by atoms with Gasteiger partial charge < -0.3 is 10.6 Å². The van der Waals surface area contributed by atoms with Gasteiger partial charge in [0, 0.05) is 12.1 Å². The van der Waals surface area contributed by atoms with E-state index in [0.29, 0.717) is 11.5 Å². The molecule has 0 spiro atoms. The highest BCUT2D eigenvalue weighted by molar-refractivity contribution is 5.78. The van der Waals surface area contributed by atoms with Crippen molar-refractivity contribution in [2.75, 3.05) is 6.54 Å². The van der Waals surface area contributed by atoms with Gasteiger partial charge in [-0.1, -0.05) is 25.8 Å². The highest BCUT2D eigenvalue weighted by atomic mass is 19.2. The Morgan fingerprint density at radius 1 is 1.27 bits per heavy atom. The molecule has 2 N–H and O–H groups in total. The monoisotopic (exact) mass is 310 g/mol. The number of hydrogen-bond donors (Lipinski definition) is 2. The van der Waals surface area contributed by atoms with Crippen LogP contribution in [-0.2, 0) is 4.79 Å². The van der Waals surface area contributed by atoms with Crippen molar-refractivity contribution in [3.63, 3.8) is 0 Å². The molecule has 0 bridgehead atoms. The number of carbonyl (C=O) groups excluding carboxylic acids is 1. The first-order valence-electron chi connectivity index (χ1n) is 7.95. The van der Waals surface area contributed by atoms with Crippen LogP contribution in [0.1, 0.15) is 51.1 Å². The summed E-state index contributed by atoms with van der Waals surface area (Å²) in [4.78, 5) is 12.0. The molecular weight excluding hydrogens is 286 g/mol. The van der Waals surface area contributed by atoms with E-state index >= 15 is 0 Å². The normalized spacial score (nSPS) is 23.1. The van der Waals surface area contributed by atoms with Crippen LogP contribution < -0.4 is 10.6 Å². The Morgan fingerprint density at radius 2 is 2.00 bits per heavy atom. The fourth-order valence-electron chi connectivity index (χ4n) is 2.93. The van der Waals surface area contributed by atoms with Crippen molar-refractivity contribution in [2.24, 2.45) is 5.92 Å². The van der Waals surface area contributed by atoms with Gasteiger partial charge in [0.2, 0.25) is 5.91 Å². The summed E-state index contributed by atoms with van der Waals surface area (Å²) in [5.74, 6) is -1.26. The SMILES string of the molecule is C[C@H](NCC(=O)N[C@H]1CCCC[C@H]1C)c1ccc(F)c(F)c1. The third-order valence-electron chi connectivity index (χ3n) is 4.47. The van der Waals surface area contributed by atoms with E-state index in [2.05, 4.69) is 17.6 Å². The molecule has 0 aromatic heterocycles. The molecule has 1 fully saturated rings. The zero-order valence-corrected chi connectivity index (χ0v) is 13.2. The maximum Gasteiger partial charge on any atom is 0.234 e. The van der Waals surface area contributed by atoms with Crippen LogP contribution in [-0.4, -0.2) is 18.5 Å². The molecule has 5 heteroatoms. The summed E-state index contributed by atoms with van der Waals surface area (Å²) in [6, 6.07) is 3.82. The van der Waals surface area contributed by atoms with E-state index in [1.54, 1.807) is 0 Å². The minimum absolute atomic E-state index is 0.0480. The second-order valence-electron chi connectivity index (χ2n) is 6.21. The summed E-state index contributed by atoms with van der Waals surface area (Å²) in [6.45, 7) is 4.16. The largest absolute Gasteiger partial charge is 0.352 e. The lowest BCUT2D eigenvalue weighted by Crippen LogP contribution is -2.45. The van der Waals surface area contributed by atoms with E-state index in [-0.39, 0.29) is 24.5 Å². The number of nitrogens with one attached hydrogen (secondary N) is 2. The van der Waals surface area contributed by atoms with E-state index in [1.165, 1.54) is 12.5 Å². The molecule has 1 aliphatic carbocycles. The molecule has 0 saturated heterocycles. The first-order chi connectivity index (χ1) is 10.5. The number of carbonyl (C=O) groups is 1. The molecule has 1 saturated carbocycles. The first kappa shape index (κ1) is 16.9. The van der Waals surface area contributed by atoms with Gasteiger partial charge in [-0.3, -0.25) is 4.79 Å². The minimum Gasteiger partial charge on any atom is -0.352 e. The quantitative estimate of drug-likeness (QED) is 0.876. The van der Waals surface area contributed by atoms with E-state index in [0.717, 1.165) is 31.4 Å². The predicted molar refractivity (Wildman–Crippen MR) is 82.3 cm³/mol. The summed E-state index contributed by atoms with van der Waals surface area (Å²) in [7, 11) is 0. The van der Waals surface area contributed by atoms with Crippen LogP contribution in [0.25, 0.3) is 0 Å². The Morgan fingerprint density at radius 3 is 2.68 bits per heavy atom. The maximum atomic E-state index is 13.2.